The maximum atomic E-state index is 11.3. The largest absolute Gasteiger partial charge is 0.480 e. The summed E-state index contributed by atoms with van der Waals surface area (Å²) in [6, 6.07) is 41.1. The first-order valence-electron chi connectivity index (χ1n) is 21.1. The molecule has 0 aliphatic rings. The summed E-state index contributed by atoms with van der Waals surface area (Å²) in [7, 11) is 0. The van der Waals surface area contributed by atoms with Gasteiger partial charge in [-0.3, -0.25) is 5.32 Å². The van der Waals surface area contributed by atoms with E-state index in [9.17, 15) is 9.59 Å². The van der Waals surface area contributed by atoms with Crippen LogP contribution in [-0.4, -0.2) is 142 Å². The highest BCUT2D eigenvalue weighted by Crippen LogP contribution is 2.36. The molecule has 15 heteroatoms. The smallest absolute Gasteiger partial charge is 0.407 e. The van der Waals surface area contributed by atoms with Gasteiger partial charge in [-0.05, 0) is 22.3 Å². The summed E-state index contributed by atoms with van der Waals surface area (Å²) in [5.41, 5.74) is 9.36. The van der Waals surface area contributed by atoms with Crippen molar-refractivity contribution in [2.45, 2.75) is 12.1 Å². The van der Waals surface area contributed by atoms with Crippen LogP contribution in [0, 0.1) is 0 Å². The SMILES string of the molecule is NCCOCCOCCNCCOCCOCCOCCNC(c1ccccc1)(c1ccccc1)c1ccccc1.O=C(O)COCCOCCNC(=O)OCc1ccccc1. The highest BCUT2D eigenvalue weighted by atomic mass is 16.6. The lowest BCUT2D eigenvalue weighted by Gasteiger charge is -2.37. The Kier molecular flexibility index (Phi) is 28.9. The van der Waals surface area contributed by atoms with Gasteiger partial charge in [-0.15, -0.1) is 0 Å². The number of hydrogen-bond donors (Lipinski definition) is 5. The van der Waals surface area contributed by atoms with Crippen LogP contribution in [0.1, 0.15) is 22.3 Å². The van der Waals surface area contributed by atoms with Crippen molar-refractivity contribution in [1.82, 2.24) is 16.0 Å². The molecule has 0 bridgehead atoms. The van der Waals surface area contributed by atoms with E-state index in [2.05, 4.69) is 107 Å². The summed E-state index contributed by atoms with van der Waals surface area (Å²) in [4.78, 5) is 21.5. The predicted molar refractivity (Wildman–Crippen MR) is 237 cm³/mol. The molecule has 62 heavy (non-hydrogen) atoms. The fourth-order valence-corrected chi connectivity index (χ4v) is 5.92. The minimum absolute atomic E-state index is 0.199. The molecule has 0 aromatic heterocycles. The molecule has 15 nitrogen and oxygen atoms in total. The molecule has 4 aromatic carbocycles. The van der Waals surface area contributed by atoms with Crippen molar-refractivity contribution < 1.29 is 52.6 Å². The molecule has 0 saturated heterocycles. The second kappa shape index (κ2) is 34.8. The van der Waals surface area contributed by atoms with Gasteiger partial charge in [0.1, 0.15) is 13.2 Å². The van der Waals surface area contributed by atoms with Crippen LogP contribution in [0.15, 0.2) is 121 Å². The molecule has 0 aliphatic heterocycles. The Balaban J connectivity index is 0.000000410. The van der Waals surface area contributed by atoms with E-state index < -0.39 is 17.6 Å². The number of alkyl carbamates (subject to hydrolysis) is 1. The summed E-state index contributed by atoms with van der Waals surface area (Å²) < 4.78 is 42.8. The van der Waals surface area contributed by atoms with Crippen LogP contribution in [0.25, 0.3) is 0 Å². The molecule has 0 atom stereocenters. The topological polar surface area (TPSA) is 190 Å². The fourth-order valence-electron chi connectivity index (χ4n) is 5.92. The molecule has 0 saturated carbocycles. The molecular weight excluding hydrogens is 797 g/mol. The highest BCUT2D eigenvalue weighted by molar-refractivity contribution is 5.68. The zero-order valence-electron chi connectivity index (χ0n) is 35.8. The Morgan fingerprint density at radius 1 is 0.484 bits per heavy atom. The quantitative estimate of drug-likeness (QED) is 0.0332. The van der Waals surface area contributed by atoms with Crippen molar-refractivity contribution in [2.24, 2.45) is 5.73 Å². The van der Waals surface area contributed by atoms with E-state index in [0.29, 0.717) is 92.3 Å². The fraction of sp³-hybridized carbons (Fsp3) is 0.447. The van der Waals surface area contributed by atoms with E-state index in [1.54, 1.807) is 0 Å². The van der Waals surface area contributed by atoms with Crippen LogP contribution in [0.4, 0.5) is 4.79 Å². The maximum absolute atomic E-state index is 11.3. The number of carboxylic acid groups (broad SMARTS) is 1. The summed E-state index contributed by atoms with van der Waals surface area (Å²) in [6.07, 6.45) is -0.510. The van der Waals surface area contributed by atoms with Crippen molar-refractivity contribution >= 4 is 12.1 Å². The molecule has 1 amide bonds. The van der Waals surface area contributed by atoms with Crippen LogP contribution in [-0.2, 0) is 54.8 Å². The number of nitrogens with two attached hydrogens (primary N) is 1. The maximum Gasteiger partial charge on any atom is 0.407 e. The Labute approximate surface area is 366 Å². The van der Waals surface area contributed by atoms with E-state index in [0.717, 1.165) is 18.7 Å². The van der Waals surface area contributed by atoms with E-state index in [4.69, 9.17) is 48.7 Å². The van der Waals surface area contributed by atoms with Crippen molar-refractivity contribution in [1.29, 1.82) is 0 Å². The lowest BCUT2D eigenvalue weighted by Crippen LogP contribution is -2.46. The zero-order chi connectivity index (χ0) is 44.0. The van der Waals surface area contributed by atoms with Crippen molar-refractivity contribution in [3.8, 4) is 0 Å². The molecule has 6 N–H and O–H groups in total. The Hall–Kier alpha value is -4.78. The van der Waals surface area contributed by atoms with Crippen LogP contribution >= 0.6 is 0 Å². The number of amides is 1. The van der Waals surface area contributed by atoms with Gasteiger partial charge in [0, 0.05) is 32.7 Å². The third kappa shape index (κ3) is 22.9. The van der Waals surface area contributed by atoms with Gasteiger partial charge in [0.2, 0.25) is 0 Å². The Morgan fingerprint density at radius 3 is 1.32 bits per heavy atom. The summed E-state index contributed by atoms with van der Waals surface area (Å²) in [5, 5.41) is 18.0. The van der Waals surface area contributed by atoms with Gasteiger partial charge in [-0.1, -0.05) is 121 Å². The monoisotopic (exact) mass is 862 g/mol. The van der Waals surface area contributed by atoms with Crippen LogP contribution in [0.5, 0.6) is 0 Å². The van der Waals surface area contributed by atoms with Gasteiger partial charge in [-0.2, -0.15) is 0 Å². The van der Waals surface area contributed by atoms with Gasteiger partial charge in [0.25, 0.3) is 0 Å². The highest BCUT2D eigenvalue weighted by Gasteiger charge is 2.35. The third-order valence-electron chi connectivity index (χ3n) is 8.81. The van der Waals surface area contributed by atoms with Crippen molar-refractivity contribution in [3.05, 3.63) is 144 Å². The molecule has 4 aromatic rings. The second-order valence-corrected chi connectivity index (χ2v) is 13.4. The minimum atomic E-state index is -1.02. The number of benzene rings is 4. The first-order valence-corrected chi connectivity index (χ1v) is 21.1. The van der Waals surface area contributed by atoms with Gasteiger partial charge in [0.15, 0.2) is 0 Å². The first-order chi connectivity index (χ1) is 30.6. The second-order valence-electron chi connectivity index (χ2n) is 13.4. The Bertz CT molecular complexity index is 1570. The van der Waals surface area contributed by atoms with Crippen molar-refractivity contribution in [3.63, 3.8) is 0 Å². The molecule has 0 fully saturated rings. The van der Waals surface area contributed by atoms with E-state index in [-0.39, 0.29) is 26.4 Å². The molecular formula is C47H66N4O11. The molecule has 0 radical (unpaired) electrons. The van der Waals surface area contributed by atoms with E-state index in [1.807, 2.05) is 30.3 Å². The van der Waals surface area contributed by atoms with E-state index in [1.165, 1.54) is 16.7 Å². The molecule has 4 rings (SSSR count). The average Bonchev–Trinajstić information content (AvgIpc) is 3.31. The number of aliphatic carboxylic acids is 1. The number of ether oxygens (including phenoxy) is 8. The van der Waals surface area contributed by atoms with Crippen molar-refractivity contribution in [2.75, 3.05) is 125 Å². The summed E-state index contributed by atoms with van der Waals surface area (Å²) in [6.45, 7) is 9.54. The lowest BCUT2D eigenvalue weighted by atomic mass is 9.77. The van der Waals surface area contributed by atoms with Gasteiger partial charge < -0.3 is 59.4 Å². The first kappa shape index (κ1) is 51.6. The van der Waals surface area contributed by atoms with Gasteiger partial charge in [-0.25, -0.2) is 9.59 Å². The lowest BCUT2D eigenvalue weighted by molar-refractivity contribution is -0.142. The summed E-state index contributed by atoms with van der Waals surface area (Å²) >= 11 is 0. The van der Waals surface area contributed by atoms with Crippen LogP contribution < -0.4 is 21.7 Å². The average molecular weight is 863 g/mol. The molecule has 0 spiro atoms. The minimum Gasteiger partial charge on any atom is -0.480 e. The van der Waals surface area contributed by atoms with Crippen LogP contribution in [0.2, 0.25) is 0 Å². The number of carboxylic acids is 1. The molecule has 0 aliphatic carbocycles. The molecule has 340 valence electrons. The predicted octanol–water partition coefficient (Wildman–Crippen LogP) is 4.23. The zero-order valence-corrected chi connectivity index (χ0v) is 35.8. The number of rotatable bonds is 34. The third-order valence-corrected chi connectivity index (χ3v) is 8.81. The van der Waals surface area contributed by atoms with Crippen LogP contribution in [0.3, 0.4) is 0 Å². The van der Waals surface area contributed by atoms with E-state index >= 15 is 0 Å². The molecule has 0 heterocycles. The number of carbonyl (C=O) groups is 2. The summed E-state index contributed by atoms with van der Waals surface area (Å²) in [5.74, 6) is -1.02. The standard InChI is InChI=1S/C33H47N3O5.C14H19NO6/c34-16-20-37-24-25-38-21-17-35-18-22-39-26-28-41-29-27-40-23-19-36-33(30-10-4-1-5-11-30,31-12-6-2-7-13-31)32-14-8-3-9-15-32;16-13(17)11-20-9-8-19-7-6-15-14(18)21-10-12-4-2-1-3-5-12/h1-15,35-36H,16-29,34H2;1-5H,6-11H2,(H,15,18)(H,16,17). The number of carbonyl (C=O) groups excluding carboxylic acids is 1. The Morgan fingerprint density at radius 2 is 0.871 bits per heavy atom. The normalized spacial score (nSPS) is 11.1. The number of nitrogens with one attached hydrogen (secondary N) is 3. The van der Waals surface area contributed by atoms with Gasteiger partial charge >= 0.3 is 12.1 Å². The van der Waals surface area contributed by atoms with Gasteiger partial charge in [0.05, 0.1) is 91.4 Å². The molecule has 0 unspecified atom stereocenters. The number of hydrogen-bond acceptors (Lipinski definition) is 13.